The van der Waals surface area contributed by atoms with Crippen LogP contribution in [0.4, 0.5) is 0 Å². The number of rotatable bonds is 5. The molecule has 1 aromatic rings. The Morgan fingerprint density at radius 1 is 1.44 bits per heavy atom. The molecule has 0 amide bonds. The minimum absolute atomic E-state index is 0.529. The van der Waals surface area contributed by atoms with Crippen LogP contribution in [0, 0.1) is 11.8 Å². The molecular weight excluding hydrogens is 202 g/mol. The van der Waals surface area contributed by atoms with E-state index in [1.807, 2.05) is 4.68 Å². The molecule has 1 saturated carbocycles. The van der Waals surface area contributed by atoms with E-state index in [2.05, 4.69) is 41.6 Å². The molecule has 0 bridgehead atoms. The highest BCUT2D eigenvalue weighted by Crippen LogP contribution is 2.36. The first-order valence-corrected chi connectivity index (χ1v) is 6.14. The molecule has 16 heavy (non-hydrogen) atoms. The lowest BCUT2D eigenvalue weighted by molar-refractivity contribution is 0.192. The van der Waals surface area contributed by atoms with Gasteiger partial charge in [-0.15, -0.1) is 5.10 Å². The van der Waals surface area contributed by atoms with E-state index in [0.29, 0.717) is 12.0 Å². The molecule has 1 N–H and O–H groups in total. The molecule has 0 spiro atoms. The van der Waals surface area contributed by atoms with E-state index >= 15 is 0 Å². The van der Waals surface area contributed by atoms with Crippen LogP contribution in [0.25, 0.3) is 0 Å². The van der Waals surface area contributed by atoms with Gasteiger partial charge in [0.15, 0.2) is 5.82 Å². The molecule has 0 radical (unpaired) electrons. The van der Waals surface area contributed by atoms with Crippen molar-refractivity contribution in [1.82, 2.24) is 25.5 Å². The van der Waals surface area contributed by atoms with Crippen molar-refractivity contribution in [1.29, 1.82) is 0 Å². The number of nitrogens with zero attached hydrogens (tertiary/aromatic N) is 4. The van der Waals surface area contributed by atoms with Gasteiger partial charge in [-0.05, 0) is 41.6 Å². The zero-order valence-corrected chi connectivity index (χ0v) is 10.3. The maximum absolute atomic E-state index is 4.09. The minimum Gasteiger partial charge on any atom is -0.310 e. The zero-order valence-electron chi connectivity index (χ0n) is 10.3. The standard InChI is InChI=1S/C11H21N5/c1-8(2)6-12-7-11-13-14-15-16(11)10-4-9(3)5-10/h8-10,12H,4-7H2,1-3H3. The van der Waals surface area contributed by atoms with Crippen molar-refractivity contribution in [2.24, 2.45) is 11.8 Å². The van der Waals surface area contributed by atoms with E-state index in [-0.39, 0.29) is 0 Å². The fourth-order valence-corrected chi connectivity index (χ4v) is 2.14. The molecule has 1 aliphatic rings. The monoisotopic (exact) mass is 223 g/mol. The number of hydrogen-bond acceptors (Lipinski definition) is 4. The molecule has 5 nitrogen and oxygen atoms in total. The first kappa shape index (κ1) is 11.5. The Morgan fingerprint density at radius 3 is 2.81 bits per heavy atom. The predicted octanol–water partition coefficient (Wildman–Crippen LogP) is 1.39. The van der Waals surface area contributed by atoms with E-state index in [4.69, 9.17) is 0 Å². The molecule has 0 aliphatic heterocycles. The van der Waals surface area contributed by atoms with E-state index < -0.39 is 0 Å². The van der Waals surface area contributed by atoms with Gasteiger partial charge in [-0.3, -0.25) is 0 Å². The lowest BCUT2D eigenvalue weighted by Crippen LogP contribution is -2.29. The summed E-state index contributed by atoms with van der Waals surface area (Å²) in [6, 6.07) is 0.529. The summed E-state index contributed by atoms with van der Waals surface area (Å²) in [7, 11) is 0. The smallest absolute Gasteiger partial charge is 0.165 e. The normalized spacial score (nSPS) is 24.8. The van der Waals surface area contributed by atoms with Crippen LogP contribution in [0.15, 0.2) is 0 Å². The highest BCUT2D eigenvalue weighted by atomic mass is 15.6. The van der Waals surface area contributed by atoms with Crippen molar-refractivity contribution in [2.75, 3.05) is 6.54 Å². The van der Waals surface area contributed by atoms with Gasteiger partial charge in [-0.25, -0.2) is 4.68 Å². The summed E-state index contributed by atoms with van der Waals surface area (Å²) in [5.41, 5.74) is 0. The van der Waals surface area contributed by atoms with Gasteiger partial charge in [0, 0.05) is 0 Å². The highest BCUT2D eigenvalue weighted by Gasteiger charge is 2.29. The Labute approximate surface area is 96.6 Å². The van der Waals surface area contributed by atoms with Gasteiger partial charge in [0.2, 0.25) is 0 Å². The molecule has 1 aliphatic carbocycles. The van der Waals surface area contributed by atoms with Gasteiger partial charge in [0.05, 0.1) is 12.6 Å². The van der Waals surface area contributed by atoms with Gasteiger partial charge in [-0.1, -0.05) is 20.8 Å². The fraction of sp³-hybridized carbons (Fsp3) is 0.909. The van der Waals surface area contributed by atoms with Gasteiger partial charge in [-0.2, -0.15) is 0 Å². The van der Waals surface area contributed by atoms with Gasteiger partial charge < -0.3 is 5.32 Å². The van der Waals surface area contributed by atoms with Crippen molar-refractivity contribution in [2.45, 2.75) is 46.2 Å². The summed E-state index contributed by atoms with van der Waals surface area (Å²) < 4.78 is 1.99. The Balaban J connectivity index is 1.87. The molecule has 0 saturated heterocycles. The summed E-state index contributed by atoms with van der Waals surface area (Å²) >= 11 is 0. The van der Waals surface area contributed by atoms with E-state index in [1.54, 1.807) is 0 Å². The van der Waals surface area contributed by atoms with Crippen LogP contribution in [0.5, 0.6) is 0 Å². The van der Waals surface area contributed by atoms with Crippen LogP contribution in [0.3, 0.4) is 0 Å². The number of tetrazole rings is 1. The van der Waals surface area contributed by atoms with Crippen LogP contribution in [0.2, 0.25) is 0 Å². The molecule has 1 fully saturated rings. The van der Waals surface area contributed by atoms with Crippen molar-refractivity contribution >= 4 is 0 Å². The maximum Gasteiger partial charge on any atom is 0.165 e. The molecule has 1 heterocycles. The van der Waals surface area contributed by atoms with Crippen LogP contribution < -0.4 is 5.32 Å². The summed E-state index contributed by atoms with van der Waals surface area (Å²) in [5.74, 6) is 2.45. The van der Waals surface area contributed by atoms with Crippen LogP contribution in [-0.2, 0) is 6.54 Å². The topological polar surface area (TPSA) is 55.6 Å². The minimum atomic E-state index is 0.529. The number of aromatic nitrogens is 4. The molecule has 1 aromatic heterocycles. The molecular formula is C11H21N5. The van der Waals surface area contributed by atoms with Gasteiger partial charge in [0.25, 0.3) is 0 Å². The van der Waals surface area contributed by atoms with E-state index in [0.717, 1.165) is 24.8 Å². The first-order chi connectivity index (χ1) is 7.66. The second kappa shape index (κ2) is 4.91. The average molecular weight is 223 g/mol. The van der Waals surface area contributed by atoms with Crippen molar-refractivity contribution < 1.29 is 0 Å². The van der Waals surface area contributed by atoms with E-state index in [1.165, 1.54) is 12.8 Å². The summed E-state index contributed by atoms with van der Waals surface area (Å²) in [6.45, 7) is 8.45. The van der Waals surface area contributed by atoms with Crippen LogP contribution in [-0.4, -0.2) is 26.8 Å². The SMILES string of the molecule is CC(C)CNCc1nnnn1C1CC(C)C1. The Morgan fingerprint density at radius 2 is 2.19 bits per heavy atom. The third-order valence-electron chi connectivity index (χ3n) is 3.09. The summed E-state index contributed by atoms with van der Waals surface area (Å²) in [5, 5.41) is 15.3. The van der Waals surface area contributed by atoms with Crippen molar-refractivity contribution in [3.05, 3.63) is 5.82 Å². The number of nitrogens with one attached hydrogen (secondary N) is 1. The molecule has 0 aromatic carbocycles. The molecule has 0 unspecified atom stereocenters. The lowest BCUT2D eigenvalue weighted by atomic mass is 9.82. The zero-order chi connectivity index (χ0) is 11.5. The molecule has 2 rings (SSSR count). The van der Waals surface area contributed by atoms with Crippen LogP contribution in [0.1, 0.15) is 45.5 Å². The fourth-order valence-electron chi connectivity index (χ4n) is 2.14. The van der Waals surface area contributed by atoms with Crippen LogP contribution >= 0.6 is 0 Å². The van der Waals surface area contributed by atoms with Crippen molar-refractivity contribution in [3.8, 4) is 0 Å². The van der Waals surface area contributed by atoms with Gasteiger partial charge >= 0.3 is 0 Å². The Hall–Kier alpha value is -0.970. The quantitative estimate of drug-likeness (QED) is 0.819. The average Bonchev–Trinajstić information content (AvgIpc) is 2.60. The summed E-state index contributed by atoms with van der Waals surface area (Å²) in [4.78, 5) is 0. The number of hydrogen-bond donors (Lipinski definition) is 1. The third-order valence-corrected chi connectivity index (χ3v) is 3.09. The largest absolute Gasteiger partial charge is 0.310 e. The lowest BCUT2D eigenvalue weighted by Gasteiger charge is -2.32. The molecule has 0 atom stereocenters. The Kier molecular flexibility index (Phi) is 3.53. The second-order valence-electron chi connectivity index (χ2n) is 5.29. The summed E-state index contributed by atoms with van der Waals surface area (Å²) in [6.07, 6.45) is 2.42. The first-order valence-electron chi connectivity index (χ1n) is 6.14. The Bertz CT molecular complexity index is 327. The van der Waals surface area contributed by atoms with Crippen molar-refractivity contribution in [3.63, 3.8) is 0 Å². The molecule has 90 valence electrons. The van der Waals surface area contributed by atoms with E-state index in [9.17, 15) is 0 Å². The predicted molar refractivity (Wildman–Crippen MR) is 61.8 cm³/mol. The van der Waals surface area contributed by atoms with Gasteiger partial charge in [0.1, 0.15) is 0 Å². The third kappa shape index (κ3) is 2.58. The molecule has 5 heteroatoms. The maximum atomic E-state index is 4.09. The second-order valence-corrected chi connectivity index (χ2v) is 5.29. The highest BCUT2D eigenvalue weighted by molar-refractivity contribution is 4.89.